The molecule has 0 amide bonds. The van der Waals surface area contributed by atoms with E-state index < -0.39 is 0 Å². The molecule has 0 spiro atoms. The number of aromatic nitrogens is 4. The Morgan fingerprint density at radius 1 is 1.13 bits per heavy atom. The lowest BCUT2D eigenvalue weighted by atomic mass is 10.1. The van der Waals surface area contributed by atoms with Crippen LogP contribution in [0.4, 0.5) is 0 Å². The number of nitrogens with zero attached hydrogens (tertiary/aromatic N) is 3. The Balaban J connectivity index is 3.06. The van der Waals surface area contributed by atoms with Crippen molar-refractivity contribution in [3.05, 3.63) is 21.7 Å². The highest BCUT2D eigenvalue weighted by Crippen LogP contribution is 2.22. The summed E-state index contributed by atoms with van der Waals surface area (Å²) in [4.78, 5) is 11.6. The van der Waals surface area contributed by atoms with Gasteiger partial charge < -0.3 is 4.74 Å². The first-order valence-corrected chi connectivity index (χ1v) is 4.41. The fourth-order valence-corrected chi connectivity index (χ4v) is 1.51. The van der Waals surface area contributed by atoms with Crippen LogP contribution in [0.5, 0.6) is 5.88 Å². The van der Waals surface area contributed by atoms with Gasteiger partial charge in [0, 0.05) is 0 Å². The van der Waals surface area contributed by atoms with E-state index in [1.54, 1.807) is 13.8 Å². The van der Waals surface area contributed by atoms with Crippen molar-refractivity contribution in [3.63, 3.8) is 0 Å². The number of aryl methyl sites for hydroxylation is 2. The van der Waals surface area contributed by atoms with Gasteiger partial charge in [-0.2, -0.15) is 10.2 Å². The number of fused-ring (bicyclic) bond motifs is 1. The van der Waals surface area contributed by atoms with Crippen LogP contribution in [0.25, 0.3) is 10.8 Å². The van der Waals surface area contributed by atoms with Crippen LogP contribution in [-0.4, -0.2) is 27.5 Å². The zero-order valence-electron chi connectivity index (χ0n) is 8.66. The average molecular weight is 206 g/mol. The third-order valence-corrected chi connectivity index (χ3v) is 2.22. The van der Waals surface area contributed by atoms with Gasteiger partial charge in [0.25, 0.3) is 5.56 Å². The van der Waals surface area contributed by atoms with Gasteiger partial charge in [0.2, 0.25) is 5.88 Å². The second-order valence-electron chi connectivity index (χ2n) is 3.18. The van der Waals surface area contributed by atoms with Crippen molar-refractivity contribution in [1.82, 2.24) is 20.4 Å². The molecule has 15 heavy (non-hydrogen) atoms. The molecule has 2 rings (SSSR count). The van der Waals surface area contributed by atoms with Crippen molar-refractivity contribution < 1.29 is 4.74 Å². The van der Waals surface area contributed by atoms with Gasteiger partial charge >= 0.3 is 0 Å². The Kier molecular flexibility index (Phi) is 2.11. The molecule has 2 aromatic heterocycles. The summed E-state index contributed by atoms with van der Waals surface area (Å²) in [7, 11) is 1.50. The molecule has 6 heteroatoms. The van der Waals surface area contributed by atoms with E-state index in [4.69, 9.17) is 4.74 Å². The number of H-pyrrole nitrogens is 1. The third-order valence-electron chi connectivity index (χ3n) is 2.22. The van der Waals surface area contributed by atoms with Crippen molar-refractivity contribution in [2.75, 3.05) is 7.11 Å². The minimum absolute atomic E-state index is 0.277. The molecule has 0 atom stereocenters. The predicted octanol–water partition coefficient (Wildman–Crippen LogP) is 0.339. The Morgan fingerprint density at radius 2 is 1.73 bits per heavy atom. The maximum atomic E-state index is 11.6. The summed E-state index contributed by atoms with van der Waals surface area (Å²) in [6.07, 6.45) is 0. The molecule has 0 bridgehead atoms. The fraction of sp³-hybridized carbons (Fsp3) is 0.333. The third kappa shape index (κ3) is 1.34. The minimum Gasteiger partial charge on any atom is -0.479 e. The van der Waals surface area contributed by atoms with Crippen LogP contribution in [0.1, 0.15) is 11.4 Å². The summed E-state index contributed by atoms with van der Waals surface area (Å²) in [5, 5.41) is 15.1. The van der Waals surface area contributed by atoms with Gasteiger partial charge in [-0.15, -0.1) is 5.10 Å². The molecule has 2 heterocycles. The quantitative estimate of drug-likeness (QED) is 0.727. The number of hydrogen-bond acceptors (Lipinski definition) is 5. The van der Waals surface area contributed by atoms with Crippen LogP contribution in [0.3, 0.4) is 0 Å². The second-order valence-corrected chi connectivity index (χ2v) is 3.18. The summed E-state index contributed by atoms with van der Waals surface area (Å²) in [5.41, 5.74) is 0.921. The number of hydrogen-bond donors (Lipinski definition) is 1. The number of rotatable bonds is 1. The summed E-state index contributed by atoms with van der Waals surface area (Å²) >= 11 is 0. The smallest absolute Gasteiger partial charge is 0.274 e. The van der Waals surface area contributed by atoms with E-state index in [1.165, 1.54) is 7.11 Å². The zero-order valence-corrected chi connectivity index (χ0v) is 8.66. The standard InChI is InChI=1S/C9H10N4O2/c1-4-6-7(5(2)11-10-4)9(15-3)13-12-8(6)14/h1-3H3,(H,12,14). The van der Waals surface area contributed by atoms with Gasteiger partial charge in [-0.25, -0.2) is 5.10 Å². The van der Waals surface area contributed by atoms with Gasteiger partial charge in [0.15, 0.2) is 0 Å². The fourth-order valence-electron chi connectivity index (χ4n) is 1.51. The highest BCUT2D eigenvalue weighted by molar-refractivity contribution is 5.89. The van der Waals surface area contributed by atoms with E-state index in [2.05, 4.69) is 20.4 Å². The Hall–Kier alpha value is -1.98. The van der Waals surface area contributed by atoms with Gasteiger partial charge in [0.05, 0.1) is 29.3 Å². The first-order valence-electron chi connectivity index (χ1n) is 4.41. The Labute approximate surface area is 85.3 Å². The monoisotopic (exact) mass is 206 g/mol. The van der Waals surface area contributed by atoms with Gasteiger partial charge in [0.1, 0.15) is 0 Å². The van der Waals surface area contributed by atoms with E-state index in [0.717, 1.165) is 0 Å². The van der Waals surface area contributed by atoms with E-state index in [9.17, 15) is 4.79 Å². The van der Waals surface area contributed by atoms with Crippen LogP contribution in [-0.2, 0) is 0 Å². The van der Waals surface area contributed by atoms with Crippen LogP contribution < -0.4 is 10.3 Å². The molecule has 0 saturated heterocycles. The molecule has 78 valence electrons. The second kappa shape index (κ2) is 3.30. The summed E-state index contributed by atoms with van der Waals surface area (Å²) in [6, 6.07) is 0. The van der Waals surface area contributed by atoms with E-state index in [0.29, 0.717) is 28.0 Å². The number of methoxy groups -OCH3 is 1. The maximum absolute atomic E-state index is 11.6. The molecule has 0 aromatic carbocycles. The van der Waals surface area contributed by atoms with Crippen LogP contribution >= 0.6 is 0 Å². The summed E-state index contributed by atoms with van der Waals surface area (Å²) in [5.74, 6) is 0.361. The lowest BCUT2D eigenvalue weighted by molar-refractivity contribution is 0.397. The molecule has 0 aliphatic carbocycles. The van der Waals surface area contributed by atoms with E-state index in [-0.39, 0.29) is 5.56 Å². The Bertz CT molecular complexity index is 576. The van der Waals surface area contributed by atoms with E-state index in [1.807, 2.05) is 0 Å². The number of nitrogens with one attached hydrogen (secondary N) is 1. The van der Waals surface area contributed by atoms with Crippen LogP contribution in [0, 0.1) is 13.8 Å². The molecule has 0 fully saturated rings. The SMILES string of the molecule is COc1n[nH]c(=O)c2c(C)nnc(C)c12. The summed E-state index contributed by atoms with van der Waals surface area (Å²) in [6.45, 7) is 3.49. The minimum atomic E-state index is -0.277. The van der Waals surface area contributed by atoms with Gasteiger partial charge in [-0.1, -0.05) is 0 Å². The van der Waals surface area contributed by atoms with Crippen molar-refractivity contribution in [2.45, 2.75) is 13.8 Å². The summed E-state index contributed by atoms with van der Waals surface area (Å²) < 4.78 is 5.07. The maximum Gasteiger partial charge on any atom is 0.274 e. The normalized spacial score (nSPS) is 10.6. The van der Waals surface area contributed by atoms with E-state index >= 15 is 0 Å². The zero-order chi connectivity index (χ0) is 11.0. The lowest BCUT2D eigenvalue weighted by Gasteiger charge is -2.05. The molecule has 2 aromatic rings. The molecule has 0 radical (unpaired) electrons. The van der Waals surface area contributed by atoms with Crippen LogP contribution in [0.2, 0.25) is 0 Å². The first kappa shape index (κ1) is 9.57. The van der Waals surface area contributed by atoms with Crippen LogP contribution in [0.15, 0.2) is 4.79 Å². The Morgan fingerprint density at radius 3 is 2.33 bits per heavy atom. The lowest BCUT2D eigenvalue weighted by Crippen LogP contribution is -2.13. The molecule has 0 aliphatic rings. The molecule has 1 N–H and O–H groups in total. The highest BCUT2D eigenvalue weighted by Gasteiger charge is 2.13. The largest absolute Gasteiger partial charge is 0.479 e. The van der Waals surface area contributed by atoms with Gasteiger partial charge in [-0.3, -0.25) is 4.79 Å². The van der Waals surface area contributed by atoms with Crippen molar-refractivity contribution in [3.8, 4) is 5.88 Å². The molecular formula is C9H10N4O2. The van der Waals surface area contributed by atoms with Gasteiger partial charge in [-0.05, 0) is 13.8 Å². The molecule has 0 aliphatic heterocycles. The molecule has 0 unspecified atom stereocenters. The molecular weight excluding hydrogens is 196 g/mol. The molecule has 0 saturated carbocycles. The molecule has 6 nitrogen and oxygen atoms in total. The highest BCUT2D eigenvalue weighted by atomic mass is 16.5. The van der Waals surface area contributed by atoms with Crippen molar-refractivity contribution in [1.29, 1.82) is 0 Å². The van der Waals surface area contributed by atoms with Crippen molar-refractivity contribution >= 4 is 10.8 Å². The first-order chi connectivity index (χ1) is 7.15. The average Bonchev–Trinajstić information content (AvgIpc) is 2.23. The predicted molar refractivity (Wildman–Crippen MR) is 54.0 cm³/mol. The van der Waals surface area contributed by atoms with Crippen molar-refractivity contribution in [2.24, 2.45) is 0 Å². The topological polar surface area (TPSA) is 80.8 Å². The number of aromatic amines is 1. The number of ether oxygens (including phenoxy) is 1.